The zero-order valence-electron chi connectivity index (χ0n) is 10.9. The summed E-state index contributed by atoms with van der Waals surface area (Å²) in [5.74, 6) is -0.463. The molecule has 19 heavy (non-hydrogen) atoms. The van der Waals surface area contributed by atoms with Gasteiger partial charge in [0.05, 0.1) is 12.0 Å². The Labute approximate surface area is 111 Å². The average Bonchev–Trinajstić information content (AvgIpc) is 2.97. The summed E-state index contributed by atoms with van der Waals surface area (Å²) < 4.78 is 1.71. The highest BCUT2D eigenvalue weighted by atomic mass is 16.4. The second-order valence-electron chi connectivity index (χ2n) is 5.10. The van der Waals surface area contributed by atoms with Crippen LogP contribution in [0.25, 0.3) is 0 Å². The fraction of sp³-hybridized carbons (Fsp3) is 0.667. The average molecular weight is 266 g/mol. The molecule has 0 atom stereocenters. The highest BCUT2D eigenvalue weighted by Gasteiger charge is 2.42. The number of carboxylic acids is 1. The number of aromatic nitrogens is 3. The molecule has 2 N–H and O–H groups in total. The Morgan fingerprint density at radius 3 is 2.68 bits per heavy atom. The van der Waals surface area contributed by atoms with E-state index < -0.39 is 11.4 Å². The van der Waals surface area contributed by atoms with Crippen LogP contribution in [0.1, 0.15) is 37.9 Å². The zero-order chi connectivity index (χ0) is 13.9. The van der Waals surface area contributed by atoms with Crippen molar-refractivity contribution in [2.24, 2.45) is 12.5 Å². The van der Waals surface area contributed by atoms with Gasteiger partial charge < -0.3 is 15.0 Å². The predicted molar refractivity (Wildman–Crippen MR) is 66.0 cm³/mol. The molecule has 1 aliphatic rings. The second kappa shape index (κ2) is 5.38. The van der Waals surface area contributed by atoms with Crippen molar-refractivity contribution in [2.75, 3.05) is 0 Å². The minimum atomic E-state index is -0.871. The third-order valence-corrected chi connectivity index (χ3v) is 3.76. The molecule has 7 heteroatoms. The van der Waals surface area contributed by atoms with Gasteiger partial charge in [-0.25, -0.2) is 0 Å². The number of carbonyl (C=O) groups excluding carboxylic acids is 1. The molecule has 0 aromatic carbocycles. The number of aliphatic carboxylic acids is 1. The fourth-order valence-corrected chi connectivity index (χ4v) is 2.53. The summed E-state index contributed by atoms with van der Waals surface area (Å²) in [5.41, 5.74) is -0.871. The first-order valence-corrected chi connectivity index (χ1v) is 6.36. The van der Waals surface area contributed by atoms with Crippen LogP contribution >= 0.6 is 0 Å². The van der Waals surface area contributed by atoms with Gasteiger partial charge in [0.1, 0.15) is 6.33 Å². The Hall–Kier alpha value is -1.92. The number of amides is 1. The maximum Gasteiger partial charge on any atom is 0.310 e. The number of hydrogen-bond acceptors (Lipinski definition) is 4. The quantitative estimate of drug-likeness (QED) is 0.807. The number of rotatable bonds is 5. The first-order chi connectivity index (χ1) is 9.03. The fourth-order valence-electron chi connectivity index (χ4n) is 2.53. The van der Waals surface area contributed by atoms with Gasteiger partial charge in [0, 0.05) is 13.5 Å². The molecule has 0 aliphatic heterocycles. The van der Waals surface area contributed by atoms with Gasteiger partial charge in [-0.05, 0) is 12.8 Å². The molecule has 1 amide bonds. The molecule has 1 fully saturated rings. The summed E-state index contributed by atoms with van der Waals surface area (Å²) in [7, 11) is 1.79. The standard InChI is InChI=1S/C12H18N4O3/c1-16-8-14-15-9(16)7-13-10(17)6-12(11(18)19)4-2-3-5-12/h8H,2-7H2,1H3,(H,13,17)(H,18,19). The van der Waals surface area contributed by atoms with Crippen LogP contribution in [0.2, 0.25) is 0 Å². The highest BCUT2D eigenvalue weighted by Crippen LogP contribution is 2.41. The summed E-state index contributed by atoms with van der Waals surface area (Å²) >= 11 is 0. The van der Waals surface area contributed by atoms with Crippen LogP contribution in [0.3, 0.4) is 0 Å². The molecule has 1 saturated carbocycles. The van der Waals surface area contributed by atoms with E-state index in [-0.39, 0.29) is 18.9 Å². The monoisotopic (exact) mass is 266 g/mol. The number of aryl methyl sites for hydroxylation is 1. The van der Waals surface area contributed by atoms with E-state index in [4.69, 9.17) is 0 Å². The second-order valence-corrected chi connectivity index (χ2v) is 5.10. The van der Waals surface area contributed by atoms with E-state index in [0.29, 0.717) is 18.7 Å². The molecule has 1 heterocycles. The predicted octanol–water partition coefficient (Wildman–Crippen LogP) is 0.466. The van der Waals surface area contributed by atoms with Gasteiger partial charge in [-0.2, -0.15) is 0 Å². The van der Waals surface area contributed by atoms with Gasteiger partial charge in [-0.15, -0.1) is 10.2 Å². The van der Waals surface area contributed by atoms with E-state index in [1.807, 2.05) is 0 Å². The SMILES string of the molecule is Cn1cnnc1CNC(=O)CC1(C(=O)O)CCCC1. The van der Waals surface area contributed by atoms with Crippen LogP contribution in [-0.2, 0) is 23.2 Å². The normalized spacial score (nSPS) is 17.3. The highest BCUT2D eigenvalue weighted by molar-refractivity contribution is 5.85. The molecule has 0 unspecified atom stereocenters. The van der Waals surface area contributed by atoms with Crippen molar-refractivity contribution in [1.29, 1.82) is 0 Å². The minimum absolute atomic E-state index is 0.0418. The van der Waals surface area contributed by atoms with Gasteiger partial charge in [0.25, 0.3) is 0 Å². The summed E-state index contributed by atoms with van der Waals surface area (Å²) in [4.78, 5) is 23.2. The number of carbonyl (C=O) groups is 2. The first kappa shape index (κ1) is 13.5. The van der Waals surface area contributed by atoms with Crippen molar-refractivity contribution in [3.8, 4) is 0 Å². The summed E-state index contributed by atoms with van der Waals surface area (Å²) in [5, 5.41) is 19.6. The summed E-state index contributed by atoms with van der Waals surface area (Å²) in [6.07, 6.45) is 4.52. The topological polar surface area (TPSA) is 97.1 Å². The first-order valence-electron chi connectivity index (χ1n) is 6.36. The lowest BCUT2D eigenvalue weighted by molar-refractivity contribution is -0.151. The summed E-state index contributed by atoms with van der Waals surface area (Å²) in [6, 6.07) is 0. The molecular weight excluding hydrogens is 248 g/mol. The Bertz CT molecular complexity index is 477. The maximum atomic E-state index is 11.9. The molecular formula is C12H18N4O3. The van der Waals surface area contributed by atoms with Crippen LogP contribution in [0.5, 0.6) is 0 Å². The van der Waals surface area contributed by atoms with Crippen molar-refractivity contribution < 1.29 is 14.7 Å². The van der Waals surface area contributed by atoms with E-state index >= 15 is 0 Å². The van der Waals surface area contributed by atoms with E-state index in [9.17, 15) is 14.7 Å². The Kier molecular flexibility index (Phi) is 3.82. The van der Waals surface area contributed by atoms with Crippen LogP contribution in [0, 0.1) is 5.41 Å². The summed E-state index contributed by atoms with van der Waals surface area (Å²) in [6.45, 7) is 0.269. The van der Waals surface area contributed by atoms with Gasteiger partial charge in [0.2, 0.25) is 5.91 Å². The van der Waals surface area contributed by atoms with Crippen molar-refractivity contribution >= 4 is 11.9 Å². The van der Waals surface area contributed by atoms with Gasteiger partial charge in [-0.3, -0.25) is 9.59 Å². The van der Waals surface area contributed by atoms with Crippen molar-refractivity contribution in [2.45, 2.75) is 38.6 Å². The lowest BCUT2D eigenvalue weighted by Gasteiger charge is -2.22. The molecule has 104 valence electrons. The molecule has 0 spiro atoms. The van der Waals surface area contributed by atoms with Crippen molar-refractivity contribution in [3.05, 3.63) is 12.2 Å². The molecule has 7 nitrogen and oxygen atoms in total. The molecule has 1 aromatic heterocycles. The van der Waals surface area contributed by atoms with E-state index in [0.717, 1.165) is 12.8 Å². The number of hydrogen-bond donors (Lipinski definition) is 2. The Morgan fingerprint density at radius 2 is 2.16 bits per heavy atom. The zero-order valence-corrected chi connectivity index (χ0v) is 10.9. The number of nitrogens with zero attached hydrogens (tertiary/aromatic N) is 3. The molecule has 0 radical (unpaired) electrons. The van der Waals surface area contributed by atoms with E-state index in [1.165, 1.54) is 0 Å². The van der Waals surface area contributed by atoms with Gasteiger partial charge in [-0.1, -0.05) is 12.8 Å². The van der Waals surface area contributed by atoms with Crippen LogP contribution in [0.4, 0.5) is 0 Å². The van der Waals surface area contributed by atoms with E-state index in [2.05, 4.69) is 15.5 Å². The van der Waals surface area contributed by atoms with Crippen LogP contribution in [0.15, 0.2) is 6.33 Å². The smallest absolute Gasteiger partial charge is 0.310 e. The minimum Gasteiger partial charge on any atom is -0.481 e. The number of carboxylic acid groups (broad SMARTS) is 1. The van der Waals surface area contributed by atoms with E-state index in [1.54, 1.807) is 17.9 Å². The van der Waals surface area contributed by atoms with Crippen LogP contribution < -0.4 is 5.32 Å². The third kappa shape index (κ3) is 2.91. The number of nitrogens with one attached hydrogen (secondary N) is 1. The van der Waals surface area contributed by atoms with Crippen LogP contribution in [-0.4, -0.2) is 31.7 Å². The molecule has 1 aliphatic carbocycles. The van der Waals surface area contributed by atoms with Crippen molar-refractivity contribution in [1.82, 2.24) is 20.1 Å². The largest absolute Gasteiger partial charge is 0.481 e. The Balaban J connectivity index is 1.90. The molecule has 2 rings (SSSR count). The Morgan fingerprint density at radius 1 is 1.47 bits per heavy atom. The molecule has 1 aromatic rings. The third-order valence-electron chi connectivity index (χ3n) is 3.76. The molecule has 0 bridgehead atoms. The van der Waals surface area contributed by atoms with Gasteiger partial charge in [0.15, 0.2) is 5.82 Å². The maximum absolute atomic E-state index is 11.9. The van der Waals surface area contributed by atoms with Crippen molar-refractivity contribution in [3.63, 3.8) is 0 Å². The lowest BCUT2D eigenvalue weighted by atomic mass is 9.82. The molecule has 0 saturated heterocycles. The van der Waals surface area contributed by atoms with Gasteiger partial charge >= 0.3 is 5.97 Å². The lowest BCUT2D eigenvalue weighted by Crippen LogP contribution is -2.35.